The van der Waals surface area contributed by atoms with Crippen molar-refractivity contribution < 1.29 is 4.79 Å². The molecule has 0 unspecified atom stereocenters. The van der Waals surface area contributed by atoms with E-state index in [0.717, 1.165) is 17.1 Å². The fourth-order valence-electron chi connectivity index (χ4n) is 2.85. The summed E-state index contributed by atoms with van der Waals surface area (Å²) in [6.07, 6.45) is 1.79. The fourth-order valence-corrected chi connectivity index (χ4v) is 3.97. The third-order valence-electron chi connectivity index (χ3n) is 4.30. The first-order valence-electron chi connectivity index (χ1n) is 9.29. The Morgan fingerprint density at radius 3 is 2.66 bits per heavy atom. The lowest BCUT2D eigenvalue weighted by Gasteiger charge is -2.06. The number of carbonyl (C=O) groups is 1. The van der Waals surface area contributed by atoms with Crippen molar-refractivity contribution in [3.8, 4) is 0 Å². The molecule has 3 rings (SSSR count). The predicted molar refractivity (Wildman–Crippen MR) is 122 cm³/mol. The smallest absolute Gasteiger partial charge is 0.246 e. The summed E-state index contributed by atoms with van der Waals surface area (Å²) in [6, 6.07) is 16.1. The van der Waals surface area contributed by atoms with Crippen molar-refractivity contribution in [1.29, 1.82) is 0 Å². The lowest BCUT2D eigenvalue weighted by molar-refractivity contribution is -0.116. The van der Waals surface area contributed by atoms with Gasteiger partial charge in [-0.25, -0.2) is 4.68 Å². The van der Waals surface area contributed by atoms with Crippen molar-refractivity contribution in [1.82, 2.24) is 14.3 Å². The molecule has 0 fully saturated rings. The third-order valence-corrected chi connectivity index (χ3v) is 5.73. The van der Waals surface area contributed by atoms with Gasteiger partial charge in [0.15, 0.2) is 4.77 Å². The van der Waals surface area contributed by atoms with E-state index in [1.807, 2.05) is 35.8 Å². The van der Waals surface area contributed by atoms with Crippen LogP contribution in [-0.2, 0) is 23.6 Å². The van der Waals surface area contributed by atoms with Crippen molar-refractivity contribution in [3.05, 3.63) is 82.9 Å². The van der Waals surface area contributed by atoms with Crippen molar-refractivity contribution >= 4 is 35.6 Å². The number of benzene rings is 2. The number of aromatic nitrogens is 3. The summed E-state index contributed by atoms with van der Waals surface area (Å²) in [4.78, 5) is 13.6. The number of anilines is 1. The number of rotatable bonds is 8. The number of allylic oxidation sites excluding steroid dienone is 1. The Hall–Kier alpha value is -2.64. The maximum Gasteiger partial charge on any atom is 0.246 e. The van der Waals surface area contributed by atoms with Crippen LogP contribution in [0.2, 0.25) is 0 Å². The molecule has 0 saturated heterocycles. The van der Waals surface area contributed by atoms with Crippen LogP contribution in [-0.4, -0.2) is 20.3 Å². The number of carbonyl (C=O) groups excluding carboxylic acids is 1. The first-order chi connectivity index (χ1) is 14.0. The van der Waals surface area contributed by atoms with Gasteiger partial charge in [0.2, 0.25) is 5.91 Å². The van der Waals surface area contributed by atoms with Gasteiger partial charge in [-0.3, -0.25) is 9.36 Å². The molecule has 150 valence electrons. The second-order valence-electron chi connectivity index (χ2n) is 6.78. The van der Waals surface area contributed by atoms with Gasteiger partial charge < -0.3 is 5.32 Å². The van der Waals surface area contributed by atoms with Gasteiger partial charge in [-0.1, -0.05) is 35.9 Å². The highest BCUT2D eigenvalue weighted by Gasteiger charge is 2.13. The van der Waals surface area contributed by atoms with Crippen LogP contribution in [0.25, 0.3) is 0 Å². The van der Waals surface area contributed by atoms with Crippen molar-refractivity contribution in [2.45, 2.75) is 37.6 Å². The quantitative estimate of drug-likeness (QED) is 0.309. The van der Waals surface area contributed by atoms with E-state index in [9.17, 15) is 4.79 Å². The van der Waals surface area contributed by atoms with Crippen LogP contribution in [0.15, 0.2) is 66.1 Å². The van der Waals surface area contributed by atoms with Crippen LogP contribution in [0.1, 0.15) is 17.0 Å². The Balaban J connectivity index is 1.74. The molecule has 0 aliphatic rings. The normalized spacial score (nSPS) is 10.7. The number of thioether (sulfide) groups is 1. The van der Waals surface area contributed by atoms with E-state index in [1.54, 1.807) is 22.5 Å². The molecule has 3 aromatic rings. The van der Waals surface area contributed by atoms with Crippen LogP contribution in [0.4, 0.5) is 5.69 Å². The Morgan fingerprint density at radius 1 is 1.21 bits per heavy atom. The summed E-state index contributed by atoms with van der Waals surface area (Å²) in [7, 11) is 0. The second kappa shape index (κ2) is 9.71. The summed E-state index contributed by atoms with van der Waals surface area (Å²) < 4.78 is 4.02. The number of amides is 1. The van der Waals surface area contributed by atoms with Gasteiger partial charge in [0, 0.05) is 17.1 Å². The molecule has 0 aliphatic heterocycles. The van der Waals surface area contributed by atoms with Gasteiger partial charge in [0.1, 0.15) is 12.4 Å². The summed E-state index contributed by atoms with van der Waals surface area (Å²) in [5.41, 5.74) is 3.08. The molecule has 0 radical (unpaired) electrons. The molecule has 1 amide bonds. The van der Waals surface area contributed by atoms with Gasteiger partial charge in [-0.2, -0.15) is 5.10 Å². The molecular weight excluding hydrogens is 400 g/mol. The van der Waals surface area contributed by atoms with Crippen LogP contribution in [0, 0.1) is 18.6 Å². The monoisotopic (exact) mass is 424 g/mol. The molecule has 7 heteroatoms. The van der Waals surface area contributed by atoms with Crippen molar-refractivity contribution in [2.24, 2.45) is 0 Å². The minimum Gasteiger partial charge on any atom is -0.324 e. The van der Waals surface area contributed by atoms with E-state index in [2.05, 4.69) is 48.2 Å². The predicted octanol–water partition coefficient (Wildman–Crippen LogP) is 5.15. The molecule has 0 saturated carbocycles. The van der Waals surface area contributed by atoms with E-state index in [0.29, 0.717) is 17.1 Å². The van der Waals surface area contributed by atoms with E-state index < -0.39 is 0 Å². The fraction of sp³-hybridized carbons (Fsp3) is 0.227. The average molecular weight is 425 g/mol. The molecule has 1 heterocycles. The SMILES string of the molecule is C=CCn1c(CSc2ccc(C)cc2)nn(CC(=O)Nc2cccc(C)c2)c1=S. The molecule has 2 aromatic carbocycles. The standard InChI is InChI=1S/C22H24N4OS2/c1-4-12-25-20(15-29-19-10-8-16(2)9-11-19)24-26(22(25)28)14-21(27)23-18-7-5-6-17(3)13-18/h4-11,13H,1,12,14-15H2,2-3H3,(H,23,27). The molecule has 29 heavy (non-hydrogen) atoms. The van der Waals surface area contributed by atoms with Gasteiger partial charge in [-0.15, -0.1) is 18.3 Å². The van der Waals surface area contributed by atoms with E-state index in [4.69, 9.17) is 12.2 Å². The molecule has 1 N–H and O–H groups in total. The Kier molecular flexibility index (Phi) is 7.06. The zero-order valence-electron chi connectivity index (χ0n) is 16.6. The zero-order valence-corrected chi connectivity index (χ0v) is 18.2. The highest BCUT2D eigenvalue weighted by Crippen LogP contribution is 2.23. The minimum absolute atomic E-state index is 0.0686. The van der Waals surface area contributed by atoms with Crippen LogP contribution < -0.4 is 5.32 Å². The summed E-state index contributed by atoms with van der Waals surface area (Å²) in [5.74, 6) is 1.32. The Bertz CT molecular complexity index is 1070. The summed E-state index contributed by atoms with van der Waals surface area (Å²) >= 11 is 7.25. The summed E-state index contributed by atoms with van der Waals surface area (Å²) in [5, 5.41) is 7.51. The van der Waals surface area contributed by atoms with E-state index in [-0.39, 0.29) is 12.5 Å². The Labute approximate surface area is 180 Å². The van der Waals surface area contributed by atoms with E-state index in [1.165, 1.54) is 10.5 Å². The maximum atomic E-state index is 12.5. The minimum atomic E-state index is -0.160. The topological polar surface area (TPSA) is 51.9 Å². The highest BCUT2D eigenvalue weighted by molar-refractivity contribution is 7.98. The molecule has 0 aliphatic carbocycles. The largest absolute Gasteiger partial charge is 0.324 e. The molecule has 0 spiro atoms. The van der Waals surface area contributed by atoms with Crippen molar-refractivity contribution in [2.75, 3.05) is 5.32 Å². The zero-order chi connectivity index (χ0) is 20.8. The highest BCUT2D eigenvalue weighted by atomic mass is 32.2. The maximum absolute atomic E-state index is 12.5. The molecule has 0 atom stereocenters. The van der Waals surface area contributed by atoms with Gasteiger partial charge >= 0.3 is 0 Å². The number of hydrogen-bond donors (Lipinski definition) is 1. The number of aryl methyl sites for hydroxylation is 2. The molecule has 0 bridgehead atoms. The lowest BCUT2D eigenvalue weighted by atomic mass is 10.2. The summed E-state index contributed by atoms with van der Waals surface area (Å²) in [6.45, 7) is 8.49. The number of hydrogen-bond acceptors (Lipinski definition) is 4. The first kappa shape index (κ1) is 21.1. The molecular formula is C22H24N4OS2. The van der Waals surface area contributed by atoms with Crippen LogP contribution in [0.5, 0.6) is 0 Å². The number of nitrogens with zero attached hydrogens (tertiary/aromatic N) is 3. The third kappa shape index (κ3) is 5.68. The second-order valence-corrected chi connectivity index (χ2v) is 8.19. The molecule has 1 aromatic heterocycles. The van der Waals surface area contributed by atoms with Crippen molar-refractivity contribution in [3.63, 3.8) is 0 Å². The van der Waals surface area contributed by atoms with Crippen LogP contribution in [0.3, 0.4) is 0 Å². The van der Waals surface area contributed by atoms with E-state index >= 15 is 0 Å². The first-order valence-corrected chi connectivity index (χ1v) is 10.7. The van der Waals surface area contributed by atoms with Gasteiger partial charge in [0.25, 0.3) is 0 Å². The lowest BCUT2D eigenvalue weighted by Crippen LogP contribution is -2.20. The molecule has 5 nitrogen and oxygen atoms in total. The van der Waals surface area contributed by atoms with Gasteiger partial charge in [-0.05, 0) is 55.9 Å². The van der Waals surface area contributed by atoms with Crippen LogP contribution >= 0.6 is 24.0 Å². The van der Waals surface area contributed by atoms with Gasteiger partial charge in [0.05, 0.1) is 5.75 Å². The Morgan fingerprint density at radius 2 is 1.97 bits per heavy atom. The average Bonchev–Trinajstić information content (AvgIpc) is 2.97. The number of nitrogens with one attached hydrogen (secondary N) is 1.